The second kappa shape index (κ2) is 4.52. The minimum Gasteiger partial charge on any atom is -0.460 e. The van der Waals surface area contributed by atoms with Gasteiger partial charge in [-0.2, -0.15) is 0 Å². The zero-order valence-electron chi connectivity index (χ0n) is 10.7. The number of furan rings is 1. The van der Waals surface area contributed by atoms with Crippen LogP contribution in [0, 0.1) is 6.92 Å². The molecule has 0 bridgehead atoms. The molecule has 1 aliphatic heterocycles. The molecule has 1 aromatic carbocycles. The summed E-state index contributed by atoms with van der Waals surface area (Å²) in [7, 11) is -0.904. The molecule has 96 valence electrons. The molecule has 4 heteroatoms. The van der Waals surface area contributed by atoms with Crippen molar-refractivity contribution in [1.82, 2.24) is 5.32 Å². The maximum absolute atomic E-state index is 12.0. The Bertz CT molecular complexity index is 630. The molecule has 1 unspecified atom stereocenters. The van der Waals surface area contributed by atoms with E-state index in [1.165, 1.54) is 5.56 Å². The molecule has 1 atom stereocenters. The van der Waals surface area contributed by atoms with Gasteiger partial charge in [-0.15, -0.1) is 0 Å². The topological polar surface area (TPSA) is 42.2 Å². The second-order valence-corrected chi connectivity index (χ2v) is 6.42. The van der Waals surface area contributed by atoms with Gasteiger partial charge >= 0.3 is 0 Å². The Morgan fingerprint density at radius 2 is 2.28 bits per heavy atom. The maximum atomic E-state index is 12.0. The molecular weight excluding hydrogens is 246 g/mol. The SMILES string of the molecule is CCS(=O)c1cc(C)c2oc3c(c2c1)CNCC3. The number of nitrogens with one attached hydrogen (secondary N) is 1. The molecular formula is C14H17NO2S. The highest BCUT2D eigenvalue weighted by Crippen LogP contribution is 2.32. The van der Waals surface area contributed by atoms with Gasteiger partial charge in [-0.1, -0.05) is 6.92 Å². The Balaban J connectivity index is 2.25. The molecule has 2 heterocycles. The zero-order valence-corrected chi connectivity index (χ0v) is 11.5. The van der Waals surface area contributed by atoms with Gasteiger partial charge < -0.3 is 9.73 Å². The van der Waals surface area contributed by atoms with Crippen LogP contribution in [0.15, 0.2) is 21.4 Å². The van der Waals surface area contributed by atoms with Crippen LogP contribution in [0.5, 0.6) is 0 Å². The van der Waals surface area contributed by atoms with Gasteiger partial charge in [0.15, 0.2) is 0 Å². The predicted molar refractivity (Wildman–Crippen MR) is 73.3 cm³/mol. The predicted octanol–water partition coefficient (Wildman–Crippen LogP) is 2.51. The smallest absolute Gasteiger partial charge is 0.137 e. The summed E-state index contributed by atoms with van der Waals surface area (Å²) < 4.78 is 17.9. The van der Waals surface area contributed by atoms with E-state index in [2.05, 4.69) is 5.32 Å². The molecule has 3 rings (SSSR count). The summed E-state index contributed by atoms with van der Waals surface area (Å²) >= 11 is 0. The van der Waals surface area contributed by atoms with Gasteiger partial charge in [-0.25, -0.2) is 0 Å². The molecule has 1 N–H and O–H groups in total. The number of aryl methyl sites for hydroxylation is 1. The van der Waals surface area contributed by atoms with Crippen LogP contribution in [-0.2, 0) is 23.8 Å². The minimum absolute atomic E-state index is 0.656. The first-order valence-corrected chi connectivity index (χ1v) is 7.66. The highest BCUT2D eigenvalue weighted by atomic mass is 32.2. The van der Waals surface area contributed by atoms with E-state index in [0.717, 1.165) is 46.7 Å². The normalized spacial score (nSPS) is 16.8. The number of rotatable bonds is 2. The maximum Gasteiger partial charge on any atom is 0.137 e. The lowest BCUT2D eigenvalue weighted by Gasteiger charge is -2.10. The summed E-state index contributed by atoms with van der Waals surface area (Å²) in [6, 6.07) is 4.03. The summed E-state index contributed by atoms with van der Waals surface area (Å²) in [6.45, 7) is 5.80. The quantitative estimate of drug-likeness (QED) is 0.905. The molecule has 1 aliphatic rings. The van der Waals surface area contributed by atoms with Gasteiger partial charge in [-0.05, 0) is 24.6 Å². The third-order valence-electron chi connectivity index (χ3n) is 3.49. The molecule has 2 aromatic rings. The Morgan fingerprint density at radius 3 is 3.06 bits per heavy atom. The minimum atomic E-state index is -0.904. The van der Waals surface area contributed by atoms with Gasteiger partial charge in [0.05, 0.1) is 10.8 Å². The van der Waals surface area contributed by atoms with Crippen LogP contribution in [0.25, 0.3) is 11.0 Å². The summed E-state index contributed by atoms with van der Waals surface area (Å²) in [5, 5.41) is 4.50. The van der Waals surface area contributed by atoms with E-state index in [4.69, 9.17) is 4.42 Å². The van der Waals surface area contributed by atoms with E-state index in [9.17, 15) is 4.21 Å². The third kappa shape index (κ3) is 1.80. The fourth-order valence-electron chi connectivity index (χ4n) is 2.54. The van der Waals surface area contributed by atoms with Crippen molar-refractivity contribution in [1.29, 1.82) is 0 Å². The molecule has 0 fully saturated rings. The van der Waals surface area contributed by atoms with Crippen molar-refractivity contribution in [2.24, 2.45) is 0 Å². The van der Waals surface area contributed by atoms with Gasteiger partial charge in [0.1, 0.15) is 11.3 Å². The number of fused-ring (bicyclic) bond motifs is 3. The van der Waals surface area contributed by atoms with Crippen molar-refractivity contribution in [3.63, 3.8) is 0 Å². The van der Waals surface area contributed by atoms with Crippen molar-refractivity contribution in [2.75, 3.05) is 12.3 Å². The fourth-order valence-corrected chi connectivity index (χ4v) is 3.44. The first-order chi connectivity index (χ1) is 8.70. The Morgan fingerprint density at radius 1 is 1.44 bits per heavy atom. The highest BCUT2D eigenvalue weighted by molar-refractivity contribution is 7.85. The van der Waals surface area contributed by atoms with Crippen LogP contribution in [0.1, 0.15) is 23.8 Å². The first kappa shape index (κ1) is 11.9. The van der Waals surface area contributed by atoms with Crippen molar-refractivity contribution in [3.05, 3.63) is 29.0 Å². The van der Waals surface area contributed by atoms with E-state index >= 15 is 0 Å². The van der Waals surface area contributed by atoms with Crippen molar-refractivity contribution in [3.8, 4) is 0 Å². The van der Waals surface area contributed by atoms with Crippen LogP contribution in [0.2, 0.25) is 0 Å². The van der Waals surface area contributed by atoms with Crippen LogP contribution in [-0.4, -0.2) is 16.5 Å². The average Bonchev–Trinajstić information content (AvgIpc) is 2.77. The Labute approximate surface area is 109 Å². The number of hydrogen-bond acceptors (Lipinski definition) is 3. The zero-order chi connectivity index (χ0) is 12.7. The van der Waals surface area contributed by atoms with Gasteiger partial charge in [0.2, 0.25) is 0 Å². The Hall–Kier alpha value is -1.13. The molecule has 0 amide bonds. The van der Waals surface area contributed by atoms with Gasteiger partial charge in [0, 0.05) is 41.1 Å². The monoisotopic (exact) mass is 263 g/mol. The number of benzene rings is 1. The van der Waals surface area contributed by atoms with Gasteiger partial charge in [-0.3, -0.25) is 4.21 Å². The van der Waals surface area contributed by atoms with E-state index in [1.807, 2.05) is 26.0 Å². The summed E-state index contributed by atoms with van der Waals surface area (Å²) in [6.07, 6.45) is 0.940. The van der Waals surface area contributed by atoms with E-state index < -0.39 is 10.8 Å². The van der Waals surface area contributed by atoms with E-state index in [-0.39, 0.29) is 0 Å². The lowest BCUT2D eigenvalue weighted by atomic mass is 10.0. The van der Waals surface area contributed by atoms with Crippen LogP contribution in [0.4, 0.5) is 0 Å². The first-order valence-electron chi connectivity index (χ1n) is 6.34. The van der Waals surface area contributed by atoms with E-state index in [1.54, 1.807) is 0 Å². The van der Waals surface area contributed by atoms with Crippen LogP contribution >= 0.6 is 0 Å². The lowest BCUT2D eigenvalue weighted by Crippen LogP contribution is -2.22. The number of hydrogen-bond donors (Lipinski definition) is 1. The van der Waals surface area contributed by atoms with Gasteiger partial charge in [0.25, 0.3) is 0 Å². The lowest BCUT2D eigenvalue weighted by molar-refractivity contribution is 0.499. The molecule has 0 saturated heterocycles. The highest BCUT2D eigenvalue weighted by Gasteiger charge is 2.19. The summed E-state index contributed by atoms with van der Waals surface area (Å²) in [4.78, 5) is 0.914. The molecule has 0 saturated carbocycles. The van der Waals surface area contributed by atoms with E-state index in [0.29, 0.717) is 5.75 Å². The Kier molecular flexibility index (Phi) is 2.99. The molecule has 1 aromatic heterocycles. The van der Waals surface area contributed by atoms with Crippen molar-refractivity contribution >= 4 is 21.8 Å². The molecule has 0 radical (unpaired) electrons. The molecule has 0 aliphatic carbocycles. The molecule has 18 heavy (non-hydrogen) atoms. The fraction of sp³-hybridized carbons (Fsp3) is 0.429. The largest absolute Gasteiger partial charge is 0.460 e. The standard InChI is InChI=1S/C14H17NO2S/c1-3-18(16)10-6-9(2)14-11(7-10)12-8-15-5-4-13(12)17-14/h6-7,15H,3-5,8H2,1-2H3. The molecule has 3 nitrogen and oxygen atoms in total. The van der Waals surface area contributed by atoms with Crippen molar-refractivity contribution < 1.29 is 8.63 Å². The van der Waals surface area contributed by atoms with Crippen molar-refractivity contribution in [2.45, 2.75) is 31.7 Å². The summed E-state index contributed by atoms with van der Waals surface area (Å²) in [5.41, 5.74) is 3.29. The molecule has 0 spiro atoms. The van der Waals surface area contributed by atoms with Crippen LogP contribution in [0.3, 0.4) is 0 Å². The van der Waals surface area contributed by atoms with Crippen LogP contribution < -0.4 is 5.32 Å². The summed E-state index contributed by atoms with van der Waals surface area (Å²) in [5.74, 6) is 1.75. The second-order valence-electron chi connectivity index (χ2n) is 4.68. The average molecular weight is 263 g/mol. The third-order valence-corrected chi connectivity index (χ3v) is 4.78.